The lowest BCUT2D eigenvalue weighted by molar-refractivity contribution is -0.116. The average Bonchev–Trinajstić information content (AvgIpc) is 2.99. The Morgan fingerprint density at radius 2 is 2.18 bits per heavy atom. The predicted octanol–water partition coefficient (Wildman–Crippen LogP) is 1.37. The lowest BCUT2D eigenvalue weighted by Crippen LogP contribution is -2.25. The third-order valence-corrected chi connectivity index (χ3v) is 4.18. The number of hydrogen-bond donors (Lipinski definition) is 2. The number of rotatable bonds is 2. The Kier molecular flexibility index (Phi) is 3.40. The van der Waals surface area contributed by atoms with Gasteiger partial charge in [-0.05, 0) is 6.92 Å². The van der Waals surface area contributed by atoms with E-state index >= 15 is 0 Å². The quantitative estimate of drug-likeness (QED) is 0.813. The van der Waals surface area contributed by atoms with Gasteiger partial charge in [0.25, 0.3) is 0 Å². The summed E-state index contributed by atoms with van der Waals surface area (Å²) in [5.74, 6) is -0.828. The fourth-order valence-electron chi connectivity index (χ4n) is 2.80. The molecule has 0 fully saturated rings. The van der Waals surface area contributed by atoms with Crippen molar-refractivity contribution in [1.29, 1.82) is 0 Å². The molecule has 2 N–H and O–H groups in total. The van der Waals surface area contributed by atoms with Gasteiger partial charge < -0.3 is 10.1 Å². The molecule has 116 valence electrons. The number of hydrogen-bond acceptors (Lipinski definition) is 5. The number of anilines is 1. The van der Waals surface area contributed by atoms with E-state index in [1.54, 1.807) is 7.05 Å². The maximum atomic E-state index is 11.9. The van der Waals surface area contributed by atoms with Crippen molar-refractivity contribution in [2.45, 2.75) is 19.3 Å². The van der Waals surface area contributed by atoms with Crippen molar-refractivity contribution in [3.63, 3.8) is 0 Å². The highest BCUT2D eigenvalue weighted by Gasteiger charge is 2.37. The molecule has 1 amide bonds. The van der Waals surface area contributed by atoms with Gasteiger partial charge in [0.15, 0.2) is 5.82 Å². The van der Waals surface area contributed by atoms with Gasteiger partial charge in [-0.2, -0.15) is 10.2 Å². The van der Waals surface area contributed by atoms with E-state index in [2.05, 4.69) is 20.6 Å². The Labute approximate surface area is 130 Å². The first-order valence-electron chi connectivity index (χ1n) is 6.59. The van der Waals surface area contributed by atoms with Gasteiger partial charge in [-0.3, -0.25) is 14.6 Å². The van der Waals surface area contributed by atoms with Crippen molar-refractivity contribution in [3.05, 3.63) is 27.7 Å². The van der Waals surface area contributed by atoms with Crippen LogP contribution >= 0.6 is 11.6 Å². The number of halogens is 1. The number of fused-ring (bicyclic) bond motifs is 1. The first-order chi connectivity index (χ1) is 10.4. The topological polar surface area (TPSA) is 102 Å². The number of aromatic amines is 1. The molecule has 8 nitrogen and oxygen atoms in total. The monoisotopic (exact) mass is 323 g/mol. The minimum Gasteiger partial charge on any atom is -0.464 e. The molecule has 2 aromatic rings. The lowest BCUT2D eigenvalue weighted by Gasteiger charge is -2.22. The Balaban J connectivity index is 2.20. The molecule has 0 bridgehead atoms. The lowest BCUT2D eigenvalue weighted by atomic mass is 9.86. The predicted molar refractivity (Wildman–Crippen MR) is 78.0 cm³/mol. The number of esters is 1. The number of aromatic nitrogens is 4. The first-order valence-corrected chi connectivity index (χ1v) is 6.97. The van der Waals surface area contributed by atoms with Gasteiger partial charge in [0.1, 0.15) is 10.8 Å². The van der Waals surface area contributed by atoms with Crippen LogP contribution in [0.15, 0.2) is 0 Å². The zero-order valence-corrected chi connectivity index (χ0v) is 13.0. The Bertz CT molecular complexity index is 779. The molecular formula is C13H14ClN5O3. The molecule has 0 aliphatic carbocycles. The molecule has 1 atom stereocenters. The Hall–Kier alpha value is -2.35. The summed E-state index contributed by atoms with van der Waals surface area (Å²) in [6.45, 7) is 1.81. The largest absolute Gasteiger partial charge is 0.464 e. The third kappa shape index (κ3) is 2.07. The normalized spacial score (nSPS) is 17.1. The van der Waals surface area contributed by atoms with Gasteiger partial charge in [0.2, 0.25) is 5.91 Å². The minimum atomic E-state index is -0.549. The van der Waals surface area contributed by atoms with E-state index in [0.717, 1.165) is 0 Å². The molecule has 3 rings (SSSR count). The second-order valence-electron chi connectivity index (χ2n) is 5.07. The SMILES string of the molecule is COC(=O)c1[nH]nc2c1[C@H](c1c(C)nn(C)c1Cl)CC(=O)N2. The number of carbonyl (C=O) groups excluding carboxylic acids is 2. The summed E-state index contributed by atoms with van der Waals surface area (Å²) in [7, 11) is 3.01. The van der Waals surface area contributed by atoms with Gasteiger partial charge in [-0.25, -0.2) is 4.79 Å². The summed E-state index contributed by atoms with van der Waals surface area (Å²) < 4.78 is 6.30. The van der Waals surface area contributed by atoms with Crippen LogP contribution in [0.25, 0.3) is 0 Å². The van der Waals surface area contributed by atoms with Crippen molar-refractivity contribution in [2.24, 2.45) is 7.05 Å². The number of ether oxygens (including phenoxy) is 1. The van der Waals surface area contributed by atoms with Gasteiger partial charge in [0.05, 0.1) is 12.8 Å². The standard InChI is InChI=1S/C13H14ClN5O3/c1-5-8(11(14)19(2)18-5)6-4-7(20)15-12-9(6)10(16-17-12)13(21)22-3/h6H,4H2,1-3H3,(H2,15,16,17,20)/t6-/m0/s1. The van der Waals surface area contributed by atoms with Crippen LogP contribution < -0.4 is 5.32 Å². The van der Waals surface area contributed by atoms with E-state index in [0.29, 0.717) is 27.8 Å². The van der Waals surface area contributed by atoms with E-state index in [1.807, 2.05) is 6.92 Å². The van der Waals surface area contributed by atoms with Gasteiger partial charge in [-0.1, -0.05) is 11.6 Å². The van der Waals surface area contributed by atoms with Crippen LogP contribution in [-0.2, 0) is 16.6 Å². The number of H-pyrrole nitrogens is 1. The van der Waals surface area contributed by atoms with Crippen LogP contribution in [0.3, 0.4) is 0 Å². The second kappa shape index (κ2) is 5.13. The third-order valence-electron chi connectivity index (χ3n) is 3.73. The number of aryl methyl sites for hydroxylation is 2. The number of methoxy groups -OCH3 is 1. The van der Waals surface area contributed by atoms with E-state index in [4.69, 9.17) is 16.3 Å². The van der Waals surface area contributed by atoms with Gasteiger partial charge >= 0.3 is 5.97 Å². The minimum absolute atomic E-state index is 0.156. The molecule has 0 spiro atoms. The van der Waals surface area contributed by atoms with Crippen molar-refractivity contribution >= 4 is 29.3 Å². The van der Waals surface area contributed by atoms with E-state index in [-0.39, 0.29) is 18.0 Å². The molecule has 0 radical (unpaired) electrons. The summed E-state index contributed by atoms with van der Waals surface area (Å²) in [6, 6.07) is 0. The molecular weight excluding hydrogens is 310 g/mol. The maximum absolute atomic E-state index is 11.9. The van der Waals surface area contributed by atoms with Crippen LogP contribution in [0.5, 0.6) is 0 Å². The highest BCUT2D eigenvalue weighted by Crippen LogP contribution is 2.41. The number of nitrogens with one attached hydrogen (secondary N) is 2. The summed E-state index contributed by atoms with van der Waals surface area (Å²) in [5.41, 5.74) is 2.20. The summed E-state index contributed by atoms with van der Waals surface area (Å²) in [4.78, 5) is 23.9. The average molecular weight is 324 g/mol. The fraction of sp³-hybridized carbons (Fsp3) is 0.385. The molecule has 0 saturated heterocycles. The molecule has 0 saturated carbocycles. The van der Waals surface area contributed by atoms with Crippen LogP contribution in [-0.4, -0.2) is 39.0 Å². The van der Waals surface area contributed by atoms with Crippen LogP contribution in [0, 0.1) is 6.92 Å². The number of amides is 1. The molecule has 0 unspecified atom stereocenters. The van der Waals surface area contributed by atoms with Gasteiger partial charge in [0, 0.05) is 30.5 Å². The number of carbonyl (C=O) groups is 2. The summed E-state index contributed by atoms with van der Waals surface area (Å²) in [6.07, 6.45) is 0.156. The second-order valence-corrected chi connectivity index (χ2v) is 5.43. The molecule has 9 heteroatoms. The summed E-state index contributed by atoms with van der Waals surface area (Å²) in [5, 5.41) is 14.0. The zero-order chi connectivity index (χ0) is 16.0. The van der Waals surface area contributed by atoms with Crippen molar-refractivity contribution in [1.82, 2.24) is 20.0 Å². The maximum Gasteiger partial charge on any atom is 0.356 e. The van der Waals surface area contributed by atoms with E-state index < -0.39 is 11.9 Å². The van der Waals surface area contributed by atoms with Crippen molar-refractivity contribution < 1.29 is 14.3 Å². The molecule has 3 heterocycles. The Morgan fingerprint density at radius 1 is 1.45 bits per heavy atom. The van der Waals surface area contributed by atoms with E-state index in [9.17, 15) is 9.59 Å². The molecule has 22 heavy (non-hydrogen) atoms. The van der Waals surface area contributed by atoms with Gasteiger partial charge in [-0.15, -0.1) is 0 Å². The fourth-order valence-corrected chi connectivity index (χ4v) is 3.11. The molecule has 1 aliphatic rings. The van der Waals surface area contributed by atoms with E-state index in [1.165, 1.54) is 11.8 Å². The molecule has 0 aromatic carbocycles. The first kappa shape index (κ1) is 14.6. The highest BCUT2D eigenvalue weighted by atomic mass is 35.5. The van der Waals surface area contributed by atoms with Crippen molar-refractivity contribution in [3.8, 4) is 0 Å². The highest BCUT2D eigenvalue weighted by molar-refractivity contribution is 6.30. The van der Waals surface area contributed by atoms with Crippen molar-refractivity contribution in [2.75, 3.05) is 12.4 Å². The molecule has 2 aromatic heterocycles. The Morgan fingerprint density at radius 3 is 2.77 bits per heavy atom. The summed E-state index contributed by atoms with van der Waals surface area (Å²) >= 11 is 6.32. The zero-order valence-electron chi connectivity index (χ0n) is 12.2. The number of nitrogens with zero attached hydrogens (tertiary/aromatic N) is 3. The van der Waals surface area contributed by atoms with Crippen LogP contribution in [0.4, 0.5) is 5.82 Å². The smallest absolute Gasteiger partial charge is 0.356 e. The van der Waals surface area contributed by atoms with Crippen LogP contribution in [0.1, 0.15) is 39.6 Å². The molecule has 1 aliphatic heterocycles. The van der Waals surface area contributed by atoms with Crippen LogP contribution in [0.2, 0.25) is 5.15 Å².